The highest BCUT2D eigenvalue weighted by Crippen LogP contribution is 2.26. The van der Waals surface area contributed by atoms with Gasteiger partial charge in [0.05, 0.1) is 37.3 Å². The Morgan fingerprint density at radius 2 is 0.621 bits per heavy atom. The number of thiazole rings is 2. The summed E-state index contributed by atoms with van der Waals surface area (Å²) in [6.45, 7) is 79.6. The molecule has 0 unspecified atom stereocenters. The highest BCUT2D eigenvalue weighted by Gasteiger charge is 2.06. The molecule has 10 nitrogen and oxygen atoms in total. The number of nitrogens with zero attached hydrogens (tertiary/aromatic N) is 9. The van der Waals surface area contributed by atoms with Crippen molar-refractivity contribution in [2.24, 2.45) is 35.5 Å². The summed E-state index contributed by atoms with van der Waals surface area (Å²) in [6, 6.07) is 48.0. The van der Waals surface area contributed by atoms with Gasteiger partial charge in [-0.25, -0.2) is 19.9 Å². The topological polar surface area (TPSA) is 132 Å². The van der Waals surface area contributed by atoms with E-state index < -0.39 is 0 Å². The zero-order valence-electron chi connectivity index (χ0n) is 73.3. The number of nitrogens with one attached hydrogen (secondary N) is 1. The Morgan fingerprint density at radius 1 is 0.282 bits per heavy atom. The maximum atomic E-state index is 4.53. The molecule has 4 aromatic carbocycles. The standard InChI is InChI=1S/C10H12N2.C10H11NS.C9H7N.C6H6.C5H5N.2C4H4N2.6C4H10.C3H3NS.8C2H6/c2*1-7(2)10-11-8-5-3-4-6-9(8)12-10;1-2-6-9-8(4-1)5-3-7-10-9;2*1-2-4-6-5-3-1;1-2-6-4-3-5-1;1-2-5-4-6-3-1;6*1-4(2)3;1-2-5-3-4-1;8*1-2/h3-7H,1-2H3,(H,11,12);3-7H,1-2H3;1-7H;1-6H;1-5H;2*1-4H;6*4H,1-3H3;1-3H;8*1-2H3. The third-order valence-electron chi connectivity index (χ3n) is 7.81. The van der Waals surface area contributed by atoms with Crippen LogP contribution in [0, 0.1) is 35.5 Å². The molecule has 0 atom stereocenters. The van der Waals surface area contributed by atoms with E-state index >= 15 is 0 Å². The van der Waals surface area contributed by atoms with Crippen LogP contribution in [0.15, 0.2) is 225 Å². The number of hydrogen-bond acceptors (Lipinski definition) is 11. The zero-order valence-corrected chi connectivity index (χ0v) is 75.0. The Hall–Kier alpha value is -7.41. The van der Waals surface area contributed by atoms with E-state index in [0.29, 0.717) is 11.8 Å². The third-order valence-corrected chi connectivity index (χ3v) is 9.67. The molecule has 11 rings (SSSR count). The molecule has 0 amide bonds. The molecule has 11 aromatic rings. The fraction of sp³-hybridized carbons (Fsp3) is 0.505. The number of H-pyrrole nitrogens is 1. The van der Waals surface area contributed by atoms with Crippen molar-refractivity contribution in [3.05, 3.63) is 236 Å². The molecule has 0 spiro atoms. The van der Waals surface area contributed by atoms with Crippen molar-refractivity contribution >= 4 is 54.8 Å². The molecule has 0 radical (unpaired) electrons. The van der Waals surface area contributed by atoms with Gasteiger partial charge >= 0.3 is 0 Å². The Balaban J connectivity index is -0.0000000985. The van der Waals surface area contributed by atoms with Gasteiger partial charge in [0.1, 0.15) is 12.2 Å². The average molecular weight is 1460 g/mol. The Morgan fingerprint density at radius 3 is 0.893 bits per heavy atom. The Labute approximate surface area is 646 Å². The summed E-state index contributed by atoms with van der Waals surface area (Å²) < 4.78 is 1.29. The van der Waals surface area contributed by atoms with Crippen molar-refractivity contribution in [1.29, 1.82) is 0 Å². The summed E-state index contributed by atoms with van der Waals surface area (Å²) in [4.78, 5) is 38.8. The highest BCUT2D eigenvalue weighted by molar-refractivity contribution is 7.18. The van der Waals surface area contributed by atoms with Crippen LogP contribution in [-0.4, -0.2) is 49.8 Å². The molecular formula is C91H160N10S2. The van der Waals surface area contributed by atoms with E-state index in [0.717, 1.165) is 63.4 Å². The molecule has 0 aliphatic heterocycles. The molecule has 7 heterocycles. The van der Waals surface area contributed by atoms with E-state index in [4.69, 9.17) is 0 Å². The Kier molecular flexibility index (Phi) is 120. The van der Waals surface area contributed by atoms with Crippen LogP contribution in [0.4, 0.5) is 0 Å². The van der Waals surface area contributed by atoms with Crippen molar-refractivity contribution in [2.75, 3.05) is 0 Å². The summed E-state index contributed by atoms with van der Waals surface area (Å²) in [5.41, 5.74) is 6.17. The first-order valence-corrected chi connectivity index (χ1v) is 40.3. The first-order chi connectivity index (χ1) is 49.4. The molecule has 0 saturated carbocycles. The van der Waals surface area contributed by atoms with Gasteiger partial charge < -0.3 is 4.98 Å². The molecule has 7 aromatic heterocycles. The van der Waals surface area contributed by atoms with Crippen LogP contribution >= 0.6 is 22.7 Å². The van der Waals surface area contributed by atoms with Crippen LogP contribution in [0.1, 0.15) is 286 Å². The van der Waals surface area contributed by atoms with Crippen LogP contribution < -0.4 is 0 Å². The number of fused-ring (bicyclic) bond motifs is 3. The van der Waals surface area contributed by atoms with Gasteiger partial charge in [-0.2, -0.15) is 0 Å². The predicted molar refractivity (Wildman–Crippen MR) is 476 cm³/mol. The lowest BCUT2D eigenvalue weighted by molar-refractivity contribution is 0.736. The monoisotopic (exact) mass is 1460 g/mol. The van der Waals surface area contributed by atoms with Crippen LogP contribution in [0.3, 0.4) is 0 Å². The number of benzene rings is 4. The van der Waals surface area contributed by atoms with Gasteiger partial charge in [0.2, 0.25) is 0 Å². The molecule has 12 heteroatoms. The lowest BCUT2D eigenvalue weighted by Crippen LogP contribution is -1.88. The number of pyridine rings is 2. The lowest BCUT2D eigenvalue weighted by Gasteiger charge is -1.95. The molecule has 0 aliphatic carbocycles. The van der Waals surface area contributed by atoms with Gasteiger partial charge in [-0.1, -0.05) is 354 Å². The smallest absolute Gasteiger partial charge is 0.115 e. The minimum absolute atomic E-state index is 0.470. The van der Waals surface area contributed by atoms with Gasteiger partial charge in [-0.05, 0) is 90.1 Å². The Bertz CT molecular complexity index is 2500. The molecule has 0 bridgehead atoms. The molecule has 103 heavy (non-hydrogen) atoms. The molecule has 0 fully saturated rings. The van der Waals surface area contributed by atoms with Gasteiger partial charge in [-0.15, -0.1) is 22.7 Å². The van der Waals surface area contributed by atoms with Crippen LogP contribution in [0.25, 0.3) is 32.2 Å². The first-order valence-electron chi connectivity index (χ1n) is 38.6. The van der Waals surface area contributed by atoms with Gasteiger partial charge in [0.15, 0.2) is 0 Å². The minimum Gasteiger partial charge on any atom is -0.342 e. The average Bonchev–Trinajstić information content (AvgIpc) is 1.74. The normalized spacial score (nSPS) is 8.41. The molecule has 586 valence electrons. The fourth-order valence-corrected chi connectivity index (χ4v) is 6.10. The number of aromatic amines is 1. The van der Waals surface area contributed by atoms with E-state index in [2.05, 4.69) is 232 Å². The molecule has 0 aliphatic rings. The van der Waals surface area contributed by atoms with Gasteiger partial charge in [0.25, 0.3) is 0 Å². The maximum absolute atomic E-state index is 4.53. The van der Waals surface area contributed by atoms with E-state index in [1.165, 1.54) is 21.4 Å². The van der Waals surface area contributed by atoms with Crippen molar-refractivity contribution in [3.63, 3.8) is 0 Å². The quantitative estimate of drug-likeness (QED) is 0.180. The van der Waals surface area contributed by atoms with E-state index in [1.807, 2.05) is 232 Å². The van der Waals surface area contributed by atoms with Crippen molar-refractivity contribution < 1.29 is 0 Å². The molecular weight excluding hydrogens is 1300 g/mol. The summed E-state index contributed by atoms with van der Waals surface area (Å²) in [5, 5.41) is 4.36. The number of hydrogen-bond donors (Lipinski definition) is 1. The van der Waals surface area contributed by atoms with E-state index in [1.54, 1.807) is 90.0 Å². The number of aromatic nitrogens is 10. The van der Waals surface area contributed by atoms with Crippen LogP contribution in [0.5, 0.6) is 0 Å². The van der Waals surface area contributed by atoms with Gasteiger partial charge in [0, 0.05) is 84.6 Å². The number of rotatable bonds is 2. The largest absolute Gasteiger partial charge is 0.342 e. The number of imidazole rings is 1. The van der Waals surface area contributed by atoms with Crippen LogP contribution in [-0.2, 0) is 0 Å². The number of para-hydroxylation sites is 4. The predicted octanol–water partition coefficient (Wildman–Crippen LogP) is 31.4. The minimum atomic E-state index is 0.470. The summed E-state index contributed by atoms with van der Waals surface area (Å²) in [7, 11) is 0. The maximum Gasteiger partial charge on any atom is 0.115 e. The summed E-state index contributed by atoms with van der Waals surface area (Å²) in [5.74, 6) is 7.08. The van der Waals surface area contributed by atoms with E-state index in [9.17, 15) is 0 Å². The van der Waals surface area contributed by atoms with Crippen molar-refractivity contribution in [3.8, 4) is 0 Å². The lowest BCUT2D eigenvalue weighted by atomic mass is 10.2. The summed E-state index contributed by atoms with van der Waals surface area (Å²) in [6.07, 6.45) is 18.5. The second kappa shape index (κ2) is 103. The van der Waals surface area contributed by atoms with Crippen LogP contribution in [0.2, 0.25) is 0 Å². The second-order valence-electron chi connectivity index (χ2n) is 23.7. The first kappa shape index (κ1) is 120. The third kappa shape index (κ3) is 111. The second-order valence-corrected chi connectivity index (χ2v) is 25.5. The van der Waals surface area contributed by atoms with Crippen molar-refractivity contribution in [2.45, 2.75) is 275 Å². The highest BCUT2D eigenvalue weighted by atomic mass is 32.1. The zero-order chi connectivity index (χ0) is 81.9. The molecule has 1 N–H and O–H groups in total. The fourth-order valence-electron chi connectivity index (χ4n) is 4.78. The molecule has 0 saturated heterocycles. The van der Waals surface area contributed by atoms with E-state index in [-0.39, 0.29) is 0 Å². The SMILES string of the molecule is CC.CC.CC.CC.CC.CC.CC.CC.CC(C)C.CC(C)C.CC(C)C.CC(C)C.CC(C)C.CC(C)C.CC(C)c1nc2ccccc2[nH]1.CC(C)c1nc2ccccc2s1.c1ccc2ncccc2c1.c1ccccc1.c1ccncc1.c1cnccn1.c1cncnc1.c1cscn1. The van der Waals surface area contributed by atoms with Gasteiger partial charge in [-0.3, -0.25) is 24.9 Å². The summed E-state index contributed by atoms with van der Waals surface area (Å²) >= 11 is 3.40. The van der Waals surface area contributed by atoms with Crippen molar-refractivity contribution in [1.82, 2.24) is 49.8 Å².